The maximum atomic E-state index is 13.6. The van der Waals surface area contributed by atoms with Crippen LogP contribution in [0.2, 0.25) is 0 Å². The molecule has 0 spiro atoms. The Hall–Kier alpha value is -1.36. The summed E-state index contributed by atoms with van der Waals surface area (Å²) in [6.07, 6.45) is 0. The van der Waals surface area contributed by atoms with Crippen LogP contribution in [0.5, 0.6) is 5.75 Å². The average Bonchev–Trinajstić information content (AvgIpc) is 2.61. The van der Waals surface area contributed by atoms with E-state index < -0.39 is 0 Å². The summed E-state index contributed by atoms with van der Waals surface area (Å²) in [5.41, 5.74) is 1.57. The molecule has 2 aromatic rings. The van der Waals surface area contributed by atoms with E-state index in [2.05, 4.69) is 25.8 Å². The van der Waals surface area contributed by atoms with Crippen molar-refractivity contribution in [3.05, 3.63) is 22.7 Å². The van der Waals surface area contributed by atoms with Gasteiger partial charge in [0, 0.05) is 18.2 Å². The van der Waals surface area contributed by atoms with Crippen LogP contribution in [-0.2, 0) is 0 Å². The first-order valence-corrected chi connectivity index (χ1v) is 6.34. The molecule has 5 heteroatoms. The van der Waals surface area contributed by atoms with Gasteiger partial charge in [0.15, 0.2) is 16.3 Å². The normalized spacial score (nSPS) is 13.2. The molecule has 1 aromatic heterocycles. The van der Waals surface area contributed by atoms with E-state index in [4.69, 9.17) is 17.0 Å². The van der Waals surface area contributed by atoms with Crippen molar-refractivity contribution in [3.63, 3.8) is 0 Å². The van der Waals surface area contributed by atoms with Crippen LogP contribution >= 0.6 is 12.2 Å². The quantitative estimate of drug-likeness (QED) is 0.851. The lowest BCUT2D eigenvalue weighted by atomic mass is 10.1. The van der Waals surface area contributed by atoms with Crippen molar-refractivity contribution in [2.75, 3.05) is 7.11 Å². The molecule has 1 N–H and O–H groups in total. The standard InChI is InChI=1S/C13H17FN2OS/c1-7(2)8(3)16-11-6-12(17-4)9(14)5-10(11)15-13(16)18/h5-8H,1-4H3,(H,15,18). The van der Waals surface area contributed by atoms with E-state index in [0.29, 0.717) is 16.2 Å². The number of nitrogens with one attached hydrogen (secondary N) is 1. The van der Waals surface area contributed by atoms with E-state index in [1.807, 2.05) is 4.57 Å². The van der Waals surface area contributed by atoms with Crippen molar-refractivity contribution in [2.24, 2.45) is 5.92 Å². The summed E-state index contributed by atoms with van der Waals surface area (Å²) in [4.78, 5) is 3.04. The van der Waals surface area contributed by atoms with Crippen LogP contribution in [0.3, 0.4) is 0 Å². The Morgan fingerprint density at radius 2 is 2.00 bits per heavy atom. The summed E-state index contributed by atoms with van der Waals surface area (Å²) in [5.74, 6) is 0.290. The van der Waals surface area contributed by atoms with Crippen LogP contribution in [-0.4, -0.2) is 16.7 Å². The van der Waals surface area contributed by atoms with Crippen LogP contribution in [0.4, 0.5) is 4.39 Å². The summed E-state index contributed by atoms with van der Waals surface area (Å²) in [6.45, 7) is 6.36. The van der Waals surface area contributed by atoms with Gasteiger partial charge in [-0.2, -0.15) is 0 Å². The third kappa shape index (κ3) is 2.03. The zero-order valence-corrected chi connectivity index (χ0v) is 11.8. The molecule has 98 valence electrons. The Morgan fingerprint density at radius 1 is 1.33 bits per heavy atom. The number of benzene rings is 1. The van der Waals surface area contributed by atoms with E-state index in [-0.39, 0.29) is 17.6 Å². The van der Waals surface area contributed by atoms with Crippen molar-refractivity contribution in [2.45, 2.75) is 26.8 Å². The number of fused-ring (bicyclic) bond motifs is 1. The second-order valence-corrected chi connectivity index (χ2v) is 5.18. The first-order chi connectivity index (χ1) is 8.45. The van der Waals surface area contributed by atoms with Gasteiger partial charge in [0.1, 0.15) is 0 Å². The molecule has 0 saturated heterocycles. The van der Waals surface area contributed by atoms with Crippen LogP contribution < -0.4 is 4.74 Å². The highest BCUT2D eigenvalue weighted by molar-refractivity contribution is 7.71. The Labute approximate surface area is 111 Å². The summed E-state index contributed by atoms with van der Waals surface area (Å²) in [6, 6.07) is 3.35. The molecule has 2 rings (SSSR count). The minimum absolute atomic E-state index is 0.237. The molecule has 3 nitrogen and oxygen atoms in total. The van der Waals surface area contributed by atoms with Crippen molar-refractivity contribution >= 4 is 23.3 Å². The number of aromatic nitrogens is 2. The van der Waals surface area contributed by atoms with Gasteiger partial charge in [-0.25, -0.2) is 4.39 Å². The summed E-state index contributed by atoms with van der Waals surface area (Å²) in [5, 5.41) is 0. The van der Waals surface area contributed by atoms with Gasteiger partial charge in [0.2, 0.25) is 0 Å². The van der Waals surface area contributed by atoms with Gasteiger partial charge in [-0.3, -0.25) is 0 Å². The maximum Gasteiger partial charge on any atom is 0.178 e. The largest absolute Gasteiger partial charge is 0.494 e. The highest BCUT2D eigenvalue weighted by Crippen LogP contribution is 2.28. The monoisotopic (exact) mass is 268 g/mol. The molecule has 0 aliphatic rings. The van der Waals surface area contributed by atoms with Gasteiger partial charge in [-0.15, -0.1) is 0 Å². The zero-order chi connectivity index (χ0) is 13.4. The summed E-state index contributed by atoms with van der Waals surface area (Å²) < 4.78 is 21.3. The lowest BCUT2D eigenvalue weighted by Crippen LogP contribution is -2.11. The second-order valence-electron chi connectivity index (χ2n) is 4.79. The topological polar surface area (TPSA) is 29.9 Å². The Morgan fingerprint density at radius 3 is 2.56 bits per heavy atom. The molecule has 1 aromatic carbocycles. The molecule has 18 heavy (non-hydrogen) atoms. The van der Waals surface area contributed by atoms with Crippen LogP contribution in [0, 0.1) is 16.5 Å². The fraction of sp³-hybridized carbons (Fsp3) is 0.462. The Balaban J connectivity index is 2.73. The molecule has 0 aliphatic heterocycles. The highest BCUT2D eigenvalue weighted by atomic mass is 32.1. The van der Waals surface area contributed by atoms with Gasteiger partial charge in [0.05, 0.1) is 18.1 Å². The van der Waals surface area contributed by atoms with Crippen LogP contribution in [0.1, 0.15) is 26.8 Å². The number of rotatable bonds is 3. The highest BCUT2D eigenvalue weighted by Gasteiger charge is 2.16. The minimum atomic E-state index is -0.384. The minimum Gasteiger partial charge on any atom is -0.494 e. The fourth-order valence-electron chi connectivity index (χ4n) is 1.99. The zero-order valence-electron chi connectivity index (χ0n) is 11.0. The first-order valence-electron chi connectivity index (χ1n) is 5.93. The molecule has 0 saturated carbocycles. The van der Waals surface area contributed by atoms with Crippen molar-refractivity contribution in [3.8, 4) is 5.75 Å². The molecule has 0 aliphatic carbocycles. The van der Waals surface area contributed by atoms with E-state index in [9.17, 15) is 4.39 Å². The molecule has 0 fully saturated rings. The molecular formula is C13H17FN2OS. The third-order valence-electron chi connectivity index (χ3n) is 3.36. The van der Waals surface area contributed by atoms with E-state index in [1.54, 1.807) is 6.07 Å². The molecular weight excluding hydrogens is 251 g/mol. The molecule has 0 bridgehead atoms. The second kappa shape index (κ2) is 4.72. The number of aromatic amines is 1. The lowest BCUT2D eigenvalue weighted by Gasteiger charge is -2.18. The molecule has 1 heterocycles. The van der Waals surface area contributed by atoms with Crippen molar-refractivity contribution < 1.29 is 9.13 Å². The smallest absolute Gasteiger partial charge is 0.178 e. The van der Waals surface area contributed by atoms with Crippen LogP contribution in [0.15, 0.2) is 12.1 Å². The number of hydrogen-bond acceptors (Lipinski definition) is 2. The first kappa shape index (κ1) is 13.1. The summed E-state index contributed by atoms with van der Waals surface area (Å²) >= 11 is 5.32. The SMILES string of the molecule is COc1cc2c(cc1F)[nH]c(=S)n2C(C)C(C)C. The van der Waals surface area contributed by atoms with Gasteiger partial charge >= 0.3 is 0 Å². The Kier molecular flexibility index (Phi) is 3.43. The molecule has 0 amide bonds. The predicted molar refractivity (Wildman–Crippen MR) is 73.2 cm³/mol. The van der Waals surface area contributed by atoms with Crippen molar-refractivity contribution in [1.29, 1.82) is 0 Å². The molecule has 0 radical (unpaired) electrons. The average molecular weight is 268 g/mol. The van der Waals surface area contributed by atoms with E-state index >= 15 is 0 Å². The van der Waals surface area contributed by atoms with Crippen LogP contribution in [0.25, 0.3) is 11.0 Å². The number of methoxy groups -OCH3 is 1. The van der Waals surface area contributed by atoms with Gasteiger partial charge in [0.25, 0.3) is 0 Å². The maximum absolute atomic E-state index is 13.6. The fourth-order valence-corrected chi connectivity index (χ4v) is 2.36. The van der Waals surface area contributed by atoms with Crippen molar-refractivity contribution in [1.82, 2.24) is 9.55 Å². The van der Waals surface area contributed by atoms with Gasteiger partial charge < -0.3 is 14.3 Å². The number of nitrogens with zero attached hydrogens (tertiary/aromatic N) is 1. The third-order valence-corrected chi connectivity index (χ3v) is 3.66. The number of halogens is 1. The molecule has 1 unspecified atom stereocenters. The summed E-state index contributed by atoms with van der Waals surface area (Å²) in [7, 11) is 1.46. The number of ether oxygens (including phenoxy) is 1. The lowest BCUT2D eigenvalue weighted by molar-refractivity contribution is 0.386. The van der Waals surface area contributed by atoms with Gasteiger partial charge in [-0.05, 0) is 25.1 Å². The van der Waals surface area contributed by atoms with Gasteiger partial charge in [-0.1, -0.05) is 13.8 Å². The number of hydrogen-bond donors (Lipinski definition) is 1. The number of imidazole rings is 1. The van der Waals surface area contributed by atoms with E-state index in [0.717, 1.165) is 5.52 Å². The van der Waals surface area contributed by atoms with E-state index in [1.165, 1.54) is 13.2 Å². The predicted octanol–water partition coefficient (Wildman–Crippen LogP) is 4.06. The Bertz CT molecular complexity index is 630. The number of H-pyrrole nitrogens is 1. The molecule has 1 atom stereocenters.